The molecule has 12 heavy (non-hydrogen) atoms. The fraction of sp³-hybridized carbons (Fsp3) is 0.444. The SMILES string of the molecule is C(=C1CCCNC1)c1ncc[nH]1. The van der Waals surface area contributed by atoms with Gasteiger partial charge in [0.05, 0.1) is 0 Å². The van der Waals surface area contributed by atoms with E-state index in [4.69, 9.17) is 0 Å². The van der Waals surface area contributed by atoms with Crippen molar-refractivity contribution in [2.24, 2.45) is 0 Å². The Balaban J connectivity index is 2.07. The summed E-state index contributed by atoms with van der Waals surface area (Å²) in [7, 11) is 0. The molecular formula is C9H13N3. The van der Waals surface area contributed by atoms with Crippen molar-refractivity contribution in [3.8, 4) is 0 Å². The first kappa shape index (κ1) is 7.55. The number of aromatic amines is 1. The maximum absolute atomic E-state index is 4.15. The van der Waals surface area contributed by atoms with Crippen LogP contribution in [0, 0.1) is 0 Å². The monoisotopic (exact) mass is 163 g/mol. The van der Waals surface area contributed by atoms with Crippen molar-refractivity contribution in [2.45, 2.75) is 12.8 Å². The molecule has 0 radical (unpaired) electrons. The Morgan fingerprint density at radius 2 is 2.50 bits per heavy atom. The predicted octanol–water partition coefficient (Wildman–Crippen LogP) is 1.18. The molecule has 1 saturated heterocycles. The van der Waals surface area contributed by atoms with E-state index in [1.54, 1.807) is 6.20 Å². The van der Waals surface area contributed by atoms with E-state index < -0.39 is 0 Å². The minimum absolute atomic E-state index is 0.966. The number of H-pyrrole nitrogens is 1. The Morgan fingerprint density at radius 1 is 1.50 bits per heavy atom. The third-order valence-electron chi connectivity index (χ3n) is 2.06. The molecule has 3 nitrogen and oxygen atoms in total. The van der Waals surface area contributed by atoms with Crippen molar-refractivity contribution < 1.29 is 0 Å². The minimum Gasteiger partial charge on any atom is -0.345 e. The van der Waals surface area contributed by atoms with Crippen molar-refractivity contribution in [3.05, 3.63) is 23.8 Å². The molecule has 1 aliphatic heterocycles. The highest BCUT2D eigenvalue weighted by Gasteiger charge is 2.04. The number of nitrogens with one attached hydrogen (secondary N) is 2. The zero-order valence-electron chi connectivity index (χ0n) is 7.01. The first-order chi connectivity index (χ1) is 5.95. The molecule has 3 heteroatoms. The van der Waals surface area contributed by atoms with Gasteiger partial charge in [-0.05, 0) is 25.5 Å². The van der Waals surface area contributed by atoms with Gasteiger partial charge in [0, 0.05) is 18.9 Å². The molecule has 0 unspecified atom stereocenters. The zero-order valence-corrected chi connectivity index (χ0v) is 7.01. The van der Waals surface area contributed by atoms with Crippen LogP contribution in [0.25, 0.3) is 6.08 Å². The quantitative estimate of drug-likeness (QED) is 0.652. The number of hydrogen-bond donors (Lipinski definition) is 2. The molecule has 1 fully saturated rings. The summed E-state index contributed by atoms with van der Waals surface area (Å²) < 4.78 is 0. The van der Waals surface area contributed by atoms with Crippen LogP contribution in [0.5, 0.6) is 0 Å². The summed E-state index contributed by atoms with van der Waals surface area (Å²) in [5.74, 6) is 0.966. The highest BCUT2D eigenvalue weighted by molar-refractivity contribution is 5.45. The molecule has 2 heterocycles. The maximum atomic E-state index is 4.15. The molecule has 2 rings (SSSR count). The maximum Gasteiger partial charge on any atom is 0.129 e. The Bertz CT molecular complexity index is 253. The Morgan fingerprint density at radius 3 is 3.17 bits per heavy atom. The van der Waals surface area contributed by atoms with Gasteiger partial charge in [0.1, 0.15) is 5.82 Å². The van der Waals surface area contributed by atoms with Gasteiger partial charge in [-0.15, -0.1) is 0 Å². The standard InChI is InChI=1S/C9H13N3/c1-2-8(7-10-3-1)6-9-11-4-5-12-9/h4-6,10H,1-3,7H2,(H,11,12). The van der Waals surface area contributed by atoms with Gasteiger partial charge in [0.15, 0.2) is 0 Å². The fourth-order valence-electron chi connectivity index (χ4n) is 1.45. The molecule has 0 atom stereocenters. The smallest absolute Gasteiger partial charge is 0.129 e. The fourth-order valence-corrected chi connectivity index (χ4v) is 1.45. The highest BCUT2D eigenvalue weighted by Crippen LogP contribution is 2.10. The summed E-state index contributed by atoms with van der Waals surface area (Å²) in [6, 6.07) is 0. The molecule has 1 aromatic rings. The van der Waals surface area contributed by atoms with Gasteiger partial charge in [-0.25, -0.2) is 4.98 Å². The predicted molar refractivity (Wildman–Crippen MR) is 48.7 cm³/mol. The molecule has 1 aliphatic rings. The van der Waals surface area contributed by atoms with Crippen LogP contribution in [0.1, 0.15) is 18.7 Å². The number of piperidine rings is 1. The normalized spacial score (nSPS) is 21.5. The Labute approximate surface area is 71.9 Å². The van der Waals surface area contributed by atoms with Gasteiger partial charge >= 0.3 is 0 Å². The molecule has 0 aromatic carbocycles. The second kappa shape index (κ2) is 3.54. The van der Waals surface area contributed by atoms with Crippen molar-refractivity contribution in [1.82, 2.24) is 15.3 Å². The van der Waals surface area contributed by atoms with Gasteiger partial charge in [-0.3, -0.25) is 0 Å². The molecular weight excluding hydrogens is 150 g/mol. The van der Waals surface area contributed by atoms with Crippen molar-refractivity contribution in [3.63, 3.8) is 0 Å². The third-order valence-corrected chi connectivity index (χ3v) is 2.06. The number of aromatic nitrogens is 2. The Hall–Kier alpha value is -1.09. The van der Waals surface area contributed by atoms with E-state index in [1.165, 1.54) is 18.4 Å². The van der Waals surface area contributed by atoms with Gasteiger partial charge in [-0.1, -0.05) is 5.57 Å². The van der Waals surface area contributed by atoms with Crippen molar-refractivity contribution >= 4 is 6.08 Å². The summed E-state index contributed by atoms with van der Waals surface area (Å²) in [5, 5.41) is 3.34. The number of hydrogen-bond acceptors (Lipinski definition) is 2. The molecule has 0 amide bonds. The van der Waals surface area contributed by atoms with Crippen molar-refractivity contribution in [1.29, 1.82) is 0 Å². The van der Waals surface area contributed by atoms with Crippen LogP contribution in [0.2, 0.25) is 0 Å². The topological polar surface area (TPSA) is 40.7 Å². The molecule has 0 aliphatic carbocycles. The van der Waals surface area contributed by atoms with E-state index >= 15 is 0 Å². The number of imidazole rings is 1. The molecule has 0 spiro atoms. The van der Waals surface area contributed by atoms with Crippen LogP contribution in [0.4, 0.5) is 0 Å². The van der Waals surface area contributed by atoms with Crippen LogP contribution < -0.4 is 5.32 Å². The highest BCUT2D eigenvalue weighted by atomic mass is 14.9. The molecule has 1 aromatic heterocycles. The van der Waals surface area contributed by atoms with Crippen molar-refractivity contribution in [2.75, 3.05) is 13.1 Å². The lowest BCUT2D eigenvalue weighted by Gasteiger charge is -2.14. The van der Waals surface area contributed by atoms with Crippen LogP contribution >= 0.6 is 0 Å². The first-order valence-electron chi connectivity index (χ1n) is 4.35. The first-order valence-corrected chi connectivity index (χ1v) is 4.35. The third kappa shape index (κ3) is 1.74. The summed E-state index contributed by atoms with van der Waals surface area (Å²) in [4.78, 5) is 7.22. The number of rotatable bonds is 1. The molecule has 0 bridgehead atoms. The van der Waals surface area contributed by atoms with E-state index in [0.717, 1.165) is 18.9 Å². The van der Waals surface area contributed by atoms with E-state index in [1.807, 2.05) is 6.20 Å². The molecule has 64 valence electrons. The lowest BCUT2D eigenvalue weighted by molar-refractivity contribution is 0.613. The van der Waals surface area contributed by atoms with E-state index in [9.17, 15) is 0 Å². The molecule has 2 N–H and O–H groups in total. The Kier molecular flexibility index (Phi) is 2.23. The van der Waals surface area contributed by atoms with Gasteiger partial charge in [0.2, 0.25) is 0 Å². The van der Waals surface area contributed by atoms with E-state index in [-0.39, 0.29) is 0 Å². The average Bonchev–Trinajstić information content (AvgIpc) is 2.59. The van der Waals surface area contributed by atoms with E-state index in [0.29, 0.717) is 0 Å². The van der Waals surface area contributed by atoms with Crippen LogP contribution in [-0.2, 0) is 0 Å². The van der Waals surface area contributed by atoms with Crippen LogP contribution in [-0.4, -0.2) is 23.1 Å². The van der Waals surface area contributed by atoms with E-state index in [2.05, 4.69) is 21.4 Å². The summed E-state index contributed by atoms with van der Waals surface area (Å²) in [5.41, 5.74) is 1.44. The van der Waals surface area contributed by atoms with Gasteiger partial charge in [-0.2, -0.15) is 0 Å². The van der Waals surface area contributed by atoms with Crippen LogP contribution in [0.15, 0.2) is 18.0 Å². The largest absolute Gasteiger partial charge is 0.345 e. The lowest BCUT2D eigenvalue weighted by atomic mass is 10.1. The zero-order chi connectivity index (χ0) is 8.23. The van der Waals surface area contributed by atoms with Gasteiger partial charge < -0.3 is 10.3 Å². The second-order valence-electron chi connectivity index (χ2n) is 3.06. The van der Waals surface area contributed by atoms with Crippen LogP contribution in [0.3, 0.4) is 0 Å². The average molecular weight is 163 g/mol. The molecule has 0 saturated carbocycles. The second-order valence-corrected chi connectivity index (χ2v) is 3.06. The summed E-state index contributed by atoms with van der Waals surface area (Å²) >= 11 is 0. The minimum atomic E-state index is 0.966. The summed E-state index contributed by atoms with van der Waals surface area (Å²) in [6.45, 7) is 2.16. The summed E-state index contributed by atoms with van der Waals surface area (Å²) in [6.07, 6.45) is 8.21. The number of nitrogens with zero attached hydrogens (tertiary/aromatic N) is 1. The lowest BCUT2D eigenvalue weighted by Crippen LogP contribution is -2.23. The van der Waals surface area contributed by atoms with Gasteiger partial charge in [0.25, 0.3) is 0 Å².